The molecule has 9 aromatic carbocycles. The Balaban J connectivity index is 1.07. The molecule has 1 heteroatoms. The molecule has 0 unspecified atom stereocenters. The van der Waals surface area contributed by atoms with E-state index in [9.17, 15) is 0 Å². The van der Waals surface area contributed by atoms with Crippen molar-refractivity contribution in [2.75, 3.05) is 4.90 Å². The van der Waals surface area contributed by atoms with Crippen molar-refractivity contribution in [3.8, 4) is 55.6 Å². The van der Waals surface area contributed by atoms with Gasteiger partial charge in [0.05, 0.1) is 5.69 Å². The summed E-state index contributed by atoms with van der Waals surface area (Å²) in [4.78, 5) is 2.47. The number of anilines is 3. The number of para-hydroxylation sites is 1. The lowest BCUT2D eigenvalue weighted by Gasteiger charge is -2.30. The summed E-state index contributed by atoms with van der Waals surface area (Å²) in [7, 11) is 0. The molecular formula is C58H45N. The van der Waals surface area contributed by atoms with Crippen LogP contribution in [0.25, 0.3) is 66.4 Å². The summed E-state index contributed by atoms with van der Waals surface area (Å²) in [5, 5.41) is 2.52. The van der Waals surface area contributed by atoms with E-state index in [1.807, 2.05) is 0 Å². The van der Waals surface area contributed by atoms with Crippen molar-refractivity contribution in [3.05, 3.63) is 222 Å². The first kappa shape index (κ1) is 35.2. The van der Waals surface area contributed by atoms with Crippen molar-refractivity contribution >= 4 is 27.8 Å². The molecule has 9 aromatic rings. The molecule has 0 fully saturated rings. The Hall–Kier alpha value is -6.96. The first-order valence-corrected chi connectivity index (χ1v) is 20.8. The third kappa shape index (κ3) is 5.45. The van der Waals surface area contributed by atoms with Gasteiger partial charge in [0.25, 0.3) is 0 Å². The Kier molecular flexibility index (Phi) is 7.94. The molecule has 59 heavy (non-hydrogen) atoms. The monoisotopic (exact) mass is 755 g/mol. The Morgan fingerprint density at radius 2 is 0.712 bits per heavy atom. The first-order chi connectivity index (χ1) is 28.8. The topological polar surface area (TPSA) is 3.24 Å². The maximum absolute atomic E-state index is 2.47. The fraction of sp³-hybridized carbons (Fsp3) is 0.103. The van der Waals surface area contributed by atoms with Gasteiger partial charge in [0.15, 0.2) is 0 Å². The fourth-order valence-electron chi connectivity index (χ4n) is 10.3. The van der Waals surface area contributed by atoms with E-state index in [2.05, 4.69) is 233 Å². The molecule has 0 aromatic heterocycles. The van der Waals surface area contributed by atoms with Crippen molar-refractivity contribution < 1.29 is 0 Å². The number of benzene rings is 9. The normalized spacial score (nSPS) is 14.0. The van der Waals surface area contributed by atoms with E-state index in [-0.39, 0.29) is 10.8 Å². The van der Waals surface area contributed by atoms with Crippen LogP contribution < -0.4 is 4.90 Å². The van der Waals surface area contributed by atoms with Crippen molar-refractivity contribution in [3.63, 3.8) is 0 Å². The van der Waals surface area contributed by atoms with Crippen molar-refractivity contribution in [1.29, 1.82) is 0 Å². The standard InChI is InChI=1S/C58H45N/c1-57(2)52-23-13-10-21-48(52)50-32-28-40(36-54(50)57)45-18-12-15-25-56(45)59(42-31-33-51-49-22-11-14-24-53(49)58(3,4)55(51)37-42)41-29-26-39(27-30-41)44-35-34-43(38-16-6-5-7-17-38)46-19-8-9-20-47(44)46/h5-37H,1-4H3. The van der Waals surface area contributed by atoms with Crippen LogP contribution in [0.1, 0.15) is 49.9 Å². The highest BCUT2D eigenvalue weighted by molar-refractivity contribution is 6.05. The van der Waals surface area contributed by atoms with E-state index in [1.54, 1.807) is 0 Å². The van der Waals surface area contributed by atoms with Gasteiger partial charge in [0.1, 0.15) is 0 Å². The lowest BCUT2D eigenvalue weighted by molar-refractivity contribution is 0.660. The molecule has 0 amide bonds. The maximum atomic E-state index is 2.47. The van der Waals surface area contributed by atoms with E-state index in [0.717, 1.165) is 17.1 Å². The zero-order valence-electron chi connectivity index (χ0n) is 34.0. The molecule has 0 saturated heterocycles. The second-order valence-corrected chi connectivity index (χ2v) is 17.3. The number of fused-ring (bicyclic) bond motifs is 7. The van der Waals surface area contributed by atoms with E-state index in [0.29, 0.717) is 0 Å². The van der Waals surface area contributed by atoms with Gasteiger partial charge in [-0.15, -0.1) is 0 Å². The largest absolute Gasteiger partial charge is 0.310 e. The van der Waals surface area contributed by atoms with Gasteiger partial charge in [-0.25, -0.2) is 0 Å². The highest BCUT2D eigenvalue weighted by Crippen LogP contribution is 2.53. The van der Waals surface area contributed by atoms with Crippen molar-refractivity contribution in [1.82, 2.24) is 0 Å². The lowest BCUT2D eigenvalue weighted by atomic mass is 9.81. The van der Waals surface area contributed by atoms with E-state index in [1.165, 1.54) is 88.7 Å². The molecule has 0 saturated carbocycles. The minimum absolute atomic E-state index is 0.0869. The van der Waals surface area contributed by atoms with Crippen LogP contribution in [0.5, 0.6) is 0 Å². The Morgan fingerprint density at radius 1 is 0.288 bits per heavy atom. The van der Waals surface area contributed by atoms with Gasteiger partial charge in [-0.1, -0.05) is 191 Å². The van der Waals surface area contributed by atoms with E-state index in [4.69, 9.17) is 0 Å². The van der Waals surface area contributed by atoms with Crippen LogP contribution in [-0.4, -0.2) is 0 Å². The highest BCUT2D eigenvalue weighted by atomic mass is 15.1. The molecule has 1 nitrogen and oxygen atoms in total. The summed E-state index contributed by atoms with van der Waals surface area (Å²) >= 11 is 0. The van der Waals surface area contributed by atoms with Gasteiger partial charge in [-0.3, -0.25) is 0 Å². The minimum Gasteiger partial charge on any atom is -0.310 e. The smallest absolute Gasteiger partial charge is 0.0540 e. The van der Waals surface area contributed by atoms with Gasteiger partial charge < -0.3 is 4.90 Å². The zero-order valence-corrected chi connectivity index (χ0v) is 34.0. The van der Waals surface area contributed by atoms with Gasteiger partial charge >= 0.3 is 0 Å². The maximum Gasteiger partial charge on any atom is 0.0540 e. The minimum atomic E-state index is -0.121. The molecule has 0 atom stereocenters. The number of nitrogens with zero attached hydrogens (tertiary/aromatic N) is 1. The number of hydrogen-bond donors (Lipinski definition) is 0. The molecule has 0 aliphatic heterocycles. The average Bonchev–Trinajstić information content (AvgIpc) is 3.66. The molecular weight excluding hydrogens is 711 g/mol. The first-order valence-electron chi connectivity index (χ1n) is 20.8. The van der Waals surface area contributed by atoms with Crippen LogP contribution in [0.4, 0.5) is 17.1 Å². The summed E-state index contributed by atoms with van der Waals surface area (Å²) in [5.41, 5.74) is 21.4. The SMILES string of the molecule is CC1(C)c2ccccc2-c2ccc(-c3ccccc3N(c3ccc(-c4ccc(-c5ccccc5)c5ccccc45)cc3)c3ccc4c(c3)C(C)(C)c3ccccc3-4)cc21. The van der Waals surface area contributed by atoms with E-state index < -0.39 is 0 Å². The van der Waals surface area contributed by atoms with Crippen LogP contribution in [0.3, 0.4) is 0 Å². The zero-order chi connectivity index (χ0) is 39.9. The summed E-state index contributed by atoms with van der Waals surface area (Å²) in [5.74, 6) is 0. The summed E-state index contributed by atoms with van der Waals surface area (Å²) in [6.45, 7) is 9.46. The number of rotatable bonds is 6. The third-order valence-corrected chi connectivity index (χ3v) is 13.3. The van der Waals surface area contributed by atoms with Crippen LogP contribution >= 0.6 is 0 Å². The molecule has 0 N–H and O–H groups in total. The van der Waals surface area contributed by atoms with Crippen LogP contribution in [0.2, 0.25) is 0 Å². The third-order valence-electron chi connectivity index (χ3n) is 13.3. The highest BCUT2D eigenvalue weighted by Gasteiger charge is 2.37. The summed E-state index contributed by atoms with van der Waals surface area (Å²) < 4.78 is 0. The Morgan fingerprint density at radius 3 is 1.34 bits per heavy atom. The van der Waals surface area contributed by atoms with Crippen LogP contribution in [0.15, 0.2) is 200 Å². The summed E-state index contributed by atoms with van der Waals surface area (Å²) in [6, 6.07) is 74.3. The fourth-order valence-corrected chi connectivity index (χ4v) is 10.3. The predicted molar refractivity (Wildman–Crippen MR) is 250 cm³/mol. The quantitative estimate of drug-likeness (QED) is 0.163. The second-order valence-electron chi connectivity index (χ2n) is 17.3. The van der Waals surface area contributed by atoms with Crippen molar-refractivity contribution in [2.45, 2.75) is 38.5 Å². The molecule has 0 spiro atoms. The summed E-state index contributed by atoms with van der Waals surface area (Å²) in [6.07, 6.45) is 0. The molecule has 2 aliphatic rings. The molecule has 282 valence electrons. The van der Waals surface area contributed by atoms with Gasteiger partial charge in [0.2, 0.25) is 0 Å². The van der Waals surface area contributed by atoms with Gasteiger partial charge in [-0.05, 0) is 119 Å². The molecule has 0 bridgehead atoms. The van der Waals surface area contributed by atoms with Crippen LogP contribution in [0, 0.1) is 0 Å². The Labute approximate surface area is 347 Å². The average molecular weight is 756 g/mol. The molecule has 0 heterocycles. The second kappa shape index (κ2) is 13.3. The van der Waals surface area contributed by atoms with Gasteiger partial charge in [-0.2, -0.15) is 0 Å². The molecule has 0 radical (unpaired) electrons. The van der Waals surface area contributed by atoms with Crippen LogP contribution in [-0.2, 0) is 10.8 Å². The Bertz CT molecular complexity index is 3090. The predicted octanol–water partition coefficient (Wildman–Crippen LogP) is 15.9. The lowest BCUT2D eigenvalue weighted by Crippen LogP contribution is -2.17. The van der Waals surface area contributed by atoms with E-state index >= 15 is 0 Å². The molecule has 11 rings (SSSR count). The molecule has 2 aliphatic carbocycles. The van der Waals surface area contributed by atoms with Crippen molar-refractivity contribution in [2.24, 2.45) is 0 Å². The number of hydrogen-bond acceptors (Lipinski definition) is 1. The van der Waals surface area contributed by atoms with Gasteiger partial charge in [0, 0.05) is 27.8 Å².